The van der Waals surface area contributed by atoms with Gasteiger partial charge in [0.2, 0.25) is 5.95 Å². The number of hydrogen-bond acceptors (Lipinski definition) is 9. The van der Waals surface area contributed by atoms with Crippen molar-refractivity contribution in [3.8, 4) is 5.69 Å². The van der Waals surface area contributed by atoms with Crippen LogP contribution in [-0.2, 0) is 11.3 Å². The number of imidazole rings is 1. The highest BCUT2D eigenvalue weighted by Gasteiger charge is 2.16. The Kier molecular flexibility index (Phi) is 6.01. The van der Waals surface area contributed by atoms with Gasteiger partial charge in [0.05, 0.1) is 18.9 Å². The van der Waals surface area contributed by atoms with E-state index in [2.05, 4.69) is 36.9 Å². The molecule has 4 aromatic rings. The third kappa shape index (κ3) is 4.66. The van der Waals surface area contributed by atoms with Crippen LogP contribution in [0, 0.1) is 0 Å². The number of nitrogens with zero attached hydrogens (tertiary/aromatic N) is 6. The van der Waals surface area contributed by atoms with E-state index in [-0.39, 0.29) is 0 Å². The van der Waals surface area contributed by atoms with E-state index in [1.165, 1.54) is 0 Å². The van der Waals surface area contributed by atoms with Crippen molar-refractivity contribution in [3.63, 3.8) is 0 Å². The Morgan fingerprint density at radius 2 is 2.06 bits per heavy atom. The number of pyridine rings is 1. The molecule has 0 bridgehead atoms. The number of ether oxygens (including phenoxy) is 1. The van der Waals surface area contributed by atoms with E-state index in [1.54, 1.807) is 23.9 Å². The first-order valence-electron chi connectivity index (χ1n) is 10.3. The molecule has 5 heterocycles. The lowest BCUT2D eigenvalue weighted by Crippen LogP contribution is -2.39. The molecule has 31 heavy (non-hydrogen) atoms. The van der Waals surface area contributed by atoms with Crippen LogP contribution in [-0.4, -0.2) is 68.8 Å². The second-order valence-corrected chi connectivity index (χ2v) is 8.04. The van der Waals surface area contributed by atoms with Gasteiger partial charge in [0.1, 0.15) is 6.33 Å². The smallest absolute Gasteiger partial charge is 0.227 e. The van der Waals surface area contributed by atoms with Crippen LogP contribution in [0.1, 0.15) is 5.56 Å². The van der Waals surface area contributed by atoms with Gasteiger partial charge in [-0.2, -0.15) is 21.3 Å². The summed E-state index contributed by atoms with van der Waals surface area (Å²) in [6.07, 6.45) is 5.41. The maximum absolute atomic E-state index is 5.43. The first kappa shape index (κ1) is 19.9. The summed E-state index contributed by atoms with van der Waals surface area (Å²) >= 11 is 1.65. The minimum absolute atomic E-state index is 0.558. The number of hydrogen-bond donors (Lipinski definition) is 2. The SMILES string of the molecule is c1cncc(CNc2nc(NCCN3CCOCC3)c3ncn(-c4ccsc4)c3n2)c1. The van der Waals surface area contributed by atoms with E-state index in [0.717, 1.165) is 67.6 Å². The van der Waals surface area contributed by atoms with Crippen LogP contribution in [0.5, 0.6) is 0 Å². The molecule has 0 radical (unpaired) electrons. The van der Waals surface area contributed by atoms with Gasteiger partial charge in [0.15, 0.2) is 17.0 Å². The number of fused-ring (bicyclic) bond motifs is 1. The van der Waals surface area contributed by atoms with E-state index in [9.17, 15) is 0 Å². The highest BCUT2D eigenvalue weighted by molar-refractivity contribution is 7.08. The van der Waals surface area contributed by atoms with E-state index in [0.29, 0.717) is 12.5 Å². The third-order valence-electron chi connectivity index (χ3n) is 5.18. The predicted octanol–water partition coefficient (Wildman–Crippen LogP) is 2.63. The Labute approximate surface area is 184 Å². The van der Waals surface area contributed by atoms with Crippen LogP contribution < -0.4 is 10.6 Å². The molecule has 0 spiro atoms. The summed E-state index contributed by atoms with van der Waals surface area (Å²) in [5.74, 6) is 1.29. The summed E-state index contributed by atoms with van der Waals surface area (Å²) < 4.78 is 7.43. The van der Waals surface area contributed by atoms with Crippen molar-refractivity contribution in [2.24, 2.45) is 0 Å². The van der Waals surface area contributed by atoms with Crippen LogP contribution in [0.3, 0.4) is 0 Å². The van der Waals surface area contributed by atoms with Gasteiger partial charge in [-0.15, -0.1) is 0 Å². The summed E-state index contributed by atoms with van der Waals surface area (Å²) in [6, 6.07) is 6.00. The largest absolute Gasteiger partial charge is 0.379 e. The van der Waals surface area contributed by atoms with Gasteiger partial charge in [-0.05, 0) is 23.1 Å². The standard InChI is InChI=1S/C21H24N8OS/c1-2-16(12-22-4-1)13-24-21-26-19(23-5-6-28-7-9-30-10-8-28)18-20(27-21)29(15-25-18)17-3-11-31-14-17/h1-4,11-12,14-15H,5-10,13H2,(H2,23,24,26,27). The number of rotatable bonds is 8. The molecule has 4 aromatic heterocycles. The summed E-state index contributed by atoms with van der Waals surface area (Å²) in [5, 5.41) is 10.9. The van der Waals surface area contributed by atoms with Crippen molar-refractivity contribution < 1.29 is 4.74 Å². The molecule has 0 saturated carbocycles. The normalized spacial score (nSPS) is 14.7. The first-order valence-corrected chi connectivity index (χ1v) is 11.3. The topological polar surface area (TPSA) is 93.0 Å². The summed E-state index contributed by atoms with van der Waals surface area (Å²) in [6.45, 7) is 5.82. The first-order chi connectivity index (χ1) is 15.4. The molecule has 10 heteroatoms. The van der Waals surface area contributed by atoms with Gasteiger partial charge in [-0.3, -0.25) is 14.5 Å². The molecular weight excluding hydrogens is 412 g/mol. The van der Waals surface area contributed by atoms with Gasteiger partial charge in [0, 0.05) is 50.5 Å². The highest BCUT2D eigenvalue weighted by atomic mass is 32.1. The zero-order valence-electron chi connectivity index (χ0n) is 17.1. The quantitative estimate of drug-likeness (QED) is 0.435. The maximum Gasteiger partial charge on any atom is 0.227 e. The Morgan fingerprint density at radius 1 is 1.13 bits per heavy atom. The van der Waals surface area contributed by atoms with Crippen LogP contribution in [0.2, 0.25) is 0 Å². The van der Waals surface area contributed by atoms with Gasteiger partial charge in [-0.1, -0.05) is 6.07 Å². The number of anilines is 2. The van der Waals surface area contributed by atoms with Crippen molar-refractivity contribution >= 4 is 34.3 Å². The molecule has 0 aliphatic carbocycles. The molecule has 0 amide bonds. The lowest BCUT2D eigenvalue weighted by atomic mass is 10.3. The van der Waals surface area contributed by atoms with E-state index >= 15 is 0 Å². The number of aromatic nitrogens is 5. The molecule has 1 saturated heterocycles. The van der Waals surface area contributed by atoms with Crippen molar-refractivity contribution in [3.05, 3.63) is 53.2 Å². The van der Waals surface area contributed by atoms with Gasteiger partial charge < -0.3 is 15.4 Å². The molecule has 0 aromatic carbocycles. The van der Waals surface area contributed by atoms with Gasteiger partial charge in [-0.25, -0.2) is 4.98 Å². The van der Waals surface area contributed by atoms with Crippen molar-refractivity contribution in [2.75, 3.05) is 50.0 Å². The van der Waals surface area contributed by atoms with Crippen molar-refractivity contribution in [1.29, 1.82) is 0 Å². The third-order valence-corrected chi connectivity index (χ3v) is 5.85. The molecule has 1 aliphatic heterocycles. The van der Waals surface area contributed by atoms with Crippen LogP contribution in [0.4, 0.5) is 11.8 Å². The van der Waals surface area contributed by atoms with E-state index < -0.39 is 0 Å². The molecule has 160 valence electrons. The summed E-state index contributed by atoms with van der Waals surface area (Å²) in [4.78, 5) is 20.7. The monoisotopic (exact) mass is 436 g/mol. The fraction of sp³-hybridized carbons (Fsp3) is 0.333. The Morgan fingerprint density at radius 3 is 2.87 bits per heavy atom. The zero-order chi connectivity index (χ0) is 20.9. The molecule has 1 fully saturated rings. The van der Waals surface area contributed by atoms with Crippen LogP contribution in [0.15, 0.2) is 47.7 Å². The molecule has 0 atom stereocenters. The molecule has 1 aliphatic rings. The van der Waals surface area contributed by atoms with E-state index in [4.69, 9.17) is 14.7 Å². The molecule has 2 N–H and O–H groups in total. The van der Waals surface area contributed by atoms with Crippen molar-refractivity contribution in [1.82, 2.24) is 29.4 Å². The molecular formula is C21H24N8OS. The summed E-state index contributed by atoms with van der Waals surface area (Å²) in [5.41, 5.74) is 3.65. The lowest BCUT2D eigenvalue weighted by molar-refractivity contribution is 0.0398. The van der Waals surface area contributed by atoms with Crippen molar-refractivity contribution in [2.45, 2.75) is 6.54 Å². The Balaban J connectivity index is 1.39. The highest BCUT2D eigenvalue weighted by Crippen LogP contribution is 2.24. The Hall–Kier alpha value is -3.08. The van der Waals surface area contributed by atoms with Crippen LogP contribution >= 0.6 is 11.3 Å². The minimum atomic E-state index is 0.558. The molecule has 0 unspecified atom stereocenters. The lowest BCUT2D eigenvalue weighted by Gasteiger charge is -2.26. The van der Waals surface area contributed by atoms with Gasteiger partial charge in [0.25, 0.3) is 0 Å². The zero-order valence-corrected chi connectivity index (χ0v) is 17.9. The average Bonchev–Trinajstić information content (AvgIpc) is 3.49. The average molecular weight is 437 g/mol. The number of thiophene rings is 1. The predicted molar refractivity (Wildman–Crippen MR) is 122 cm³/mol. The van der Waals surface area contributed by atoms with Gasteiger partial charge >= 0.3 is 0 Å². The molecule has 5 rings (SSSR count). The fourth-order valence-electron chi connectivity index (χ4n) is 3.53. The van der Waals surface area contributed by atoms with Crippen LogP contribution in [0.25, 0.3) is 16.9 Å². The van der Waals surface area contributed by atoms with E-state index in [1.807, 2.05) is 28.3 Å². The second-order valence-electron chi connectivity index (χ2n) is 7.26. The molecule has 9 nitrogen and oxygen atoms in total. The fourth-order valence-corrected chi connectivity index (χ4v) is 4.15. The second kappa shape index (κ2) is 9.38. The number of morpholine rings is 1. The summed E-state index contributed by atoms with van der Waals surface area (Å²) in [7, 11) is 0. The number of nitrogens with one attached hydrogen (secondary N) is 2. The minimum Gasteiger partial charge on any atom is -0.379 e. The maximum atomic E-state index is 5.43. The Bertz CT molecular complexity index is 1110.